The summed E-state index contributed by atoms with van der Waals surface area (Å²) in [5, 5.41) is 15.7. The average Bonchev–Trinajstić information content (AvgIpc) is 2.51. The van der Waals surface area contributed by atoms with E-state index in [1.165, 1.54) is 12.3 Å². The molecule has 0 aliphatic heterocycles. The Hall–Kier alpha value is -3.15. The van der Waals surface area contributed by atoms with Crippen molar-refractivity contribution < 1.29 is 14.7 Å². The zero-order chi connectivity index (χ0) is 15.9. The first kappa shape index (κ1) is 15.2. The molecule has 0 aliphatic rings. The van der Waals surface area contributed by atoms with Crippen molar-refractivity contribution >= 4 is 23.7 Å². The number of carbonyl (C=O) groups is 2. The molecule has 0 radical (unpaired) electrons. The lowest BCUT2D eigenvalue weighted by molar-refractivity contribution is -0.136. The second-order valence-corrected chi connectivity index (χ2v) is 4.53. The molecule has 2 amide bonds. The molecule has 22 heavy (non-hydrogen) atoms. The largest absolute Gasteiger partial charge is 0.507 e. The molecule has 112 valence electrons. The van der Waals surface area contributed by atoms with Crippen LogP contribution < -0.4 is 10.7 Å². The van der Waals surface area contributed by atoms with E-state index in [1.807, 2.05) is 19.1 Å². The molecule has 0 heterocycles. The van der Waals surface area contributed by atoms with Crippen LogP contribution in [0.4, 0.5) is 5.69 Å². The summed E-state index contributed by atoms with van der Waals surface area (Å²) < 4.78 is 0. The lowest BCUT2D eigenvalue weighted by Crippen LogP contribution is -2.32. The number of carbonyl (C=O) groups excluding carboxylic acids is 2. The Morgan fingerprint density at radius 3 is 2.45 bits per heavy atom. The van der Waals surface area contributed by atoms with Crippen LogP contribution in [-0.4, -0.2) is 23.1 Å². The van der Waals surface area contributed by atoms with Crippen molar-refractivity contribution in [3.8, 4) is 5.75 Å². The van der Waals surface area contributed by atoms with Crippen LogP contribution in [0.5, 0.6) is 5.75 Å². The highest BCUT2D eigenvalue weighted by Gasteiger charge is 2.13. The van der Waals surface area contributed by atoms with Gasteiger partial charge in [-0.2, -0.15) is 5.10 Å². The molecule has 0 aromatic heterocycles. The van der Waals surface area contributed by atoms with Crippen molar-refractivity contribution in [2.24, 2.45) is 5.10 Å². The van der Waals surface area contributed by atoms with Gasteiger partial charge in [0.15, 0.2) is 0 Å². The zero-order valence-electron chi connectivity index (χ0n) is 11.9. The van der Waals surface area contributed by atoms with Gasteiger partial charge in [-0.1, -0.05) is 30.3 Å². The van der Waals surface area contributed by atoms with Gasteiger partial charge in [0.25, 0.3) is 0 Å². The fourth-order valence-corrected chi connectivity index (χ4v) is 1.70. The smallest absolute Gasteiger partial charge is 0.329 e. The van der Waals surface area contributed by atoms with Crippen molar-refractivity contribution in [3.05, 3.63) is 59.7 Å². The number of para-hydroxylation sites is 2. The molecule has 3 N–H and O–H groups in total. The fraction of sp³-hybridized carbons (Fsp3) is 0.0625. The number of hydrazone groups is 1. The topological polar surface area (TPSA) is 90.8 Å². The van der Waals surface area contributed by atoms with Crippen molar-refractivity contribution in [1.29, 1.82) is 0 Å². The molecule has 0 spiro atoms. The quantitative estimate of drug-likeness (QED) is 0.458. The monoisotopic (exact) mass is 297 g/mol. The van der Waals surface area contributed by atoms with Gasteiger partial charge in [-0.3, -0.25) is 9.59 Å². The van der Waals surface area contributed by atoms with E-state index in [0.29, 0.717) is 11.3 Å². The fourth-order valence-electron chi connectivity index (χ4n) is 1.70. The highest BCUT2D eigenvalue weighted by molar-refractivity contribution is 6.39. The third kappa shape index (κ3) is 3.92. The minimum atomic E-state index is -0.894. The molecule has 6 heteroatoms. The predicted octanol–water partition coefficient (Wildman–Crippen LogP) is 1.79. The number of phenols is 1. The summed E-state index contributed by atoms with van der Waals surface area (Å²) in [4.78, 5) is 23.4. The van der Waals surface area contributed by atoms with Crippen LogP contribution in [0.25, 0.3) is 0 Å². The molecule has 2 rings (SSSR count). The number of phenolic OH excluding ortho intramolecular Hbond substituents is 1. The standard InChI is InChI=1S/C16H15N3O3/c1-11-6-2-4-8-13(11)18-15(21)16(22)19-17-10-12-7-3-5-9-14(12)20/h2-10,20H,1H3,(H,18,21)(H,19,22). The van der Waals surface area contributed by atoms with Crippen molar-refractivity contribution in [2.45, 2.75) is 6.92 Å². The average molecular weight is 297 g/mol. The van der Waals surface area contributed by atoms with Gasteiger partial charge in [0.1, 0.15) is 5.75 Å². The molecule has 0 saturated heterocycles. The first-order valence-electron chi connectivity index (χ1n) is 6.56. The minimum absolute atomic E-state index is 0.0323. The van der Waals surface area contributed by atoms with E-state index in [9.17, 15) is 14.7 Å². The number of anilines is 1. The molecule has 0 saturated carbocycles. The Morgan fingerprint density at radius 2 is 1.73 bits per heavy atom. The number of aryl methyl sites for hydroxylation is 1. The van der Waals surface area contributed by atoms with Gasteiger partial charge in [-0.15, -0.1) is 0 Å². The van der Waals surface area contributed by atoms with Crippen LogP contribution in [0.1, 0.15) is 11.1 Å². The minimum Gasteiger partial charge on any atom is -0.507 e. The molecule has 0 aliphatic carbocycles. The van der Waals surface area contributed by atoms with Gasteiger partial charge in [0, 0.05) is 11.3 Å². The van der Waals surface area contributed by atoms with E-state index in [-0.39, 0.29) is 5.75 Å². The van der Waals surface area contributed by atoms with E-state index in [4.69, 9.17) is 0 Å². The van der Waals surface area contributed by atoms with Crippen molar-refractivity contribution in [3.63, 3.8) is 0 Å². The lowest BCUT2D eigenvalue weighted by Gasteiger charge is -2.06. The summed E-state index contributed by atoms with van der Waals surface area (Å²) in [6.07, 6.45) is 1.26. The molecule has 0 fully saturated rings. The Labute approximate surface area is 127 Å². The maximum absolute atomic E-state index is 11.7. The van der Waals surface area contributed by atoms with Gasteiger partial charge >= 0.3 is 11.8 Å². The second kappa shape index (κ2) is 7.03. The number of benzene rings is 2. The lowest BCUT2D eigenvalue weighted by atomic mass is 10.2. The van der Waals surface area contributed by atoms with Crippen LogP contribution in [-0.2, 0) is 9.59 Å². The third-order valence-electron chi connectivity index (χ3n) is 2.91. The summed E-state index contributed by atoms with van der Waals surface area (Å²) >= 11 is 0. The Bertz CT molecular complexity index is 726. The summed E-state index contributed by atoms with van der Waals surface area (Å²) in [6.45, 7) is 1.82. The van der Waals surface area contributed by atoms with Crippen molar-refractivity contribution in [2.75, 3.05) is 5.32 Å². The molecule has 2 aromatic rings. The van der Waals surface area contributed by atoms with E-state index in [1.54, 1.807) is 30.3 Å². The molecular formula is C16H15N3O3. The van der Waals surface area contributed by atoms with Gasteiger partial charge < -0.3 is 10.4 Å². The maximum Gasteiger partial charge on any atom is 0.329 e. The van der Waals surface area contributed by atoms with Crippen LogP contribution in [0.3, 0.4) is 0 Å². The summed E-state index contributed by atoms with van der Waals surface area (Å²) in [5.74, 6) is -1.68. The number of nitrogens with zero attached hydrogens (tertiary/aromatic N) is 1. The van der Waals surface area contributed by atoms with Gasteiger partial charge in [-0.25, -0.2) is 5.43 Å². The number of aromatic hydroxyl groups is 1. The van der Waals surface area contributed by atoms with Crippen LogP contribution in [0, 0.1) is 6.92 Å². The first-order valence-corrected chi connectivity index (χ1v) is 6.56. The van der Waals surface area contributed by atoms with Gasteiger partial charge in [-0.05, 0) is 30.7 Å². The van der Waals surface area contributed by atoms with E-state index < -0.39 is 11.8 Å². The van der Waals surface area contributed by atoms with Crippen LogP contribution in [0.15, 0.2) is 53.6 Å². The Kier molecular flexibility index (Phi) is 4.87. The molecule has 0 atom stereocenters. The number of nitrogens with one attached hydrogen (secondary N) is 2. The van der Waals surface area contributed by atoms with Gasteiger partial charge in [0.05, 0.1) is 6.21 Å². The van der Waals surface area contributed by atoms with Crippen LogP contribution in [0.2, 0.25) is 0 Å². The normalized spacial score (nSPS) is 10.4. The van der Waals surface area contributed by atoms with Crippen LogP contribution >= 0.6 is 0 Å². The summed E-state index contributed by atoms with van der Waals surface area (Å²) in [7, 11) is 0. The first-order chi connectivity index (χ1) is 10.6. The molecule has 2 aromatic carbocycles. The second-order valence-electron chi connectivity index (χ2n) is 4.53. The van der Waals surface area contributed by atoms with E-state index in [0.717, 1.165) is 5.56 Å². The number of hydrogen-bond donors (Lipinski definition) is 3. The maximum atomic E-state index is 11.7. The highest BCUT2D eigenvalue weighted by Crippen LogP contribution is 2.13. The van der Waals surface area contributed by atoms with E-state index >= 15 is 0 Å². The zero-order valence-corrected chi connectivity index (χ0v) is 11.9. The Morgan fingerprint density at radius 1 is 1.05 bits per heavy atom. The molecule has 0 bridgehead atoms. The highest BCUT2D eigenvalue weighted by atomic mass is 16.3. The number of hydrogen-bond acceptors (Lipinski definition) is 4. The molecule has 0 unspecified atom stereocenters. The van der Waals surface area contributed by atoms with E-state index in [2.05, 4.69) is 15.8 Å². The molecular weight excluding hydrogens is 282 g/mol. The number of amides is 2. The third-order valence-corrected chi connectivity index (χ3v) is 2.91. The summed E-state index contributed by atoms with van der Waals surface area (Å²) in [6, 6.07) is 13.6. The number of rotatable bonds is 3. The Balaban J connectivity index is 1.94. The summed E-state index contributed by atoms with van der Waals surface area (Å²) in [5.41, 5.74) is 3.95. The predicted molar refractivity (Wildman–Crippen MR) is 83.7 cm³/mol. The SMILES string of the molecule is Cc1ccccc1NC(=O)C(=O)NN=Cc1ccccc1O. The van der Waals surface area contributed by atoms with Gasteiger partial charge in [0.2, 0.25) is 0 Å². The van der Waals surface area contributed by atoms with Crippen molar-refractivity contribution in [1.82, 2.24) is 5.43 Å². The molecule has 6 nitrogen and oxygen atoms in total.